The number of aromatic nitrogens is 1. The molecule has 0 atom stereocenters. The normalized spacial score (nSPS) is 10.2. The van der Waals surface area contributed by atoms with E-state index in [1.807, 2.05) is 24.4 Å². The molecule has 1 N–H and O–H groups in total. The van der Waals surface area contributed by atoms with Crippen molar-refractivity contribution in [2.45, 2.75) is 6.92 Å². The van der Waals surface area contributed by atoms with E-state index in [9.17, 15) is 0 Å². The maximum atomic E-state index is 5.26. The molecule has 18 heavy (non-hydrogen) atoms. The summed E-state index contributed by atoms with van der Waals surface area (Å²) >= 11 is 1.62. The van der Waals surface area contributed by atoms with Gasteiger partial charge in [-0.3, -0.25) is 0 Å². The number of hydrogen-bond donors (Lipinski definition) is 1. The number of nitrogens with one attached hydrogen (secondary N) is 1. The largest absolute Gasteiger partial charge is 0.497 e. The summed E-state index contributed by atoms with van der Waals surface area (Å²) in [5, 5.41) is 4.13. The maximum Gasteiger partial charge on any atom is 0.183 e. The van der Waals surface area contributed by atoms with E-state index >= 15 is 0 Å². The summed E-state index contributed by atoms with van der Waals surface area (Å²) in [6.07, 6.45) is 1.86. The molecular weight excluding hydrogens is 248 g/mol. The van der Waals surface area contributed by atoms with E-state index in [1.54, 1.807) is 25.6 Å². The van der Waals surface area contributed by atoms with Crippen molar-refractivity contribution in [2.24, 2.45) is 0 Å². The monoisotopic (exact) mass is 264 g/mol. The van der Waals surface area contributed by atoms with Crippen LogP contribution in [-0.4, -0.2) is 25.7 Å². The van der Waals surface area contributed by atoms with E-state index < -0.39 is 0 Å². The Hall–Kier alpha value is -1.75. The van der Waals surface area contributed by atoms with Gasteiger partial charge in [-0.25, -0.2) is 4.98 Å². The van der Waals surface area contributed by atoms with Gasteiger partial charge in [-0.05, 0) is 19.1 Å². The number of methoxy groups -OCH3 is 2. The lowest BCUT2D eigenvalue weighted by Gasteiger charge is -2.06. The molecule has 0 spiro atoms. The molecule has 0 fully saturated rings. The number of rotatable bonds is 5. The summed E-state index contributed by atoms with van der Waals surface area (Å²) in [5.74, 6) is 1.56. The molecule has 1 heterocycles. The van der Waals surface area contributed by atoms with Gasteiger partial charge in [0, 0.05) is 24.4 Å². The van der Waals surface area contributed by atoms with Crippen LogP contribution in [0.5, 0.6) is 11.5 Å². The standard InChI is InChI=1S/C13H16N2O2S/c1-4-14-13-15-8-12(18-13)9-5-10(16-2)7-11(6-9)17-3/h5-8H,4H2,1-3H3,(H,14,15). The molecule has 0 unspecified atom stereocenters. The van der Waals surface area contributed by atoms with Crippen LogP contribution in [-0.2, 0) is 0 Å². The molecule has 4 nitrogen and oxygen atoms in total. The van der Waals surface area contributed by atoms with Crippen molar-refractivity contribution in [3.05, 3.63) is 24.4 Å². The molecule has 0 saturated carbocycles. The van der Waals surface area contributed by atoms with Gasteiger partial charge in [0.2, 0.25) is 0 Å². The fourth-order valence-electron chi connectivity index (χ4n) is 1.59. The lowest BCUT2D eigenvalue weighted by molar-refractivity contribution is 0.394. The van der Waals surface area contributed by atoms with Crippen molar-refractivity contribution >= 4 is 16.5 Å². The van der Waals surface area contributed by atoms with Crippen molar-refractivity contribution in [1.29, 1.82) is 0 Å². The highest BCUT2D eigenvalue weighted by atomic mass is 32.1. The fourth-order valence-corrected chi connectivity index (χ4v) is 2.46. The van der Waals surface area contributed by atoms with Crippen LogP contribution in [0, 0.1) is 0 Å². The highest BCUT2D eigenvalue weighted by molar-refractivity contribution is 7.18. The summed E-state index contributed by atoms with van der Waals surface area (Å²) < 4.78 is 10.5. The van der Waals surface area contributed by atoms with E-state index in [-0.39, 0.29) is 0 Å². The summed E-state index contributed by atoms with van der Waals surface area (Å²) in [6, 6.07) is 5.81. The zero-order valence-electron chi connectivity index (χ0n) is 10.7. The molecule has 96 valence electrons. The molecular formula is C13H16N2O2S. The Morgan fingerprint density at radius 2 is 1.83 bits per heavy atom. The third-order valence-corrected chi connectivity index (χ3v) is 3.47. The number of anilines is 1. The van der Waals surface area contributed by atoms with Gasteiger partial charge in [0.05, 0.1) is 19.1 Å². The minimum Gasteiger partial charge on any atom is -0.497 e. The average Bonchev–Trinajstić information content (AvgIpc) is 2.87. The van der Waals surface area contributed by atoms with Crippen molar-refractivity contribution in [3.8, 4) is 21.9 Å². The minimum absolute atomic E-state index is 0.780. The lowest BCUT2D eigenvalue weighted by atomic mass is 10.2. The van der Waals surface area contributed by atoms with Crippen LogP contribution in [0.3, 0.4) is 0 Å². The highest BCUT2D eigenvalue weighted by Gasteiger charge is 2.07. The maximum absolute atomic E-state index is 5.26. The summed E-state index contributed by atoms with van der Waals surface area (Å²) in [5.41, 5.74) is 1.05. The van der Waals surface area contributed by atoms with E-state index in [1.165, 1.54) is 0 Å². The molecule has 0 aliphatic rings. The Kier molecular flexibility index (Phi) is 4.04. The first kappa shape index (κ1) is 12.7. The molecule has 2 aromatic rings. The predicted octanol–water partition coefficient (Wildman–Crippen LogP) is 3.26. The second kappa shape index (κ2) is 5.73. The minimum atomic E-state index is 0.780. The van der Waals surface area contributed by atoms with E-state index in [0.29, 0.717) is 0 Å². The van der Waals surface area contributed by atoms with E-state index in [2.05, 4.69) is 17.2 Å². The number of ether oxygens (including phenoxy) is 2. The van der Waals surface area contributed by atoms with Gasteiger partial charge in [0.1, 0.15) is 11.5 Å². The summed E-state index contributed by atoms with van der Waals surface area (Å²) in [4.78, 5) is 5.41. The van der Waals surface area contributed by atoms with Gasteiger partial charge in [0.15, 0.2) is 5.13 Å². The molecule has 0 aliphatic carbocycles. The zero-order valence-corrected chi connectivity index (χ0v) is 11.5. The third kappa shape index (κ3) is 2.73. The second-order valence-corrected chi connectivity index (χ2v) is 4.69. The van der Waals surface area contributed by atoms with E-state index in [0.717, 1.165) is 33.6 Å². The quantitative estimate of drug-likeness (QED) is 0.900. The van der Waals surface area contributed by atoms with Gasteiger partial charge >= 0.3 is 0 Å². The highest BCUT2D eigenvalue weighted by Crippen LogP contribution is 2.34. The zero-order chi connectivity index (χ0) is 13.0. The smallest absolute Gasteiger partial charge is 0.183 e. The molecule has 1 aromatic carbocycles. The Morgan fingerprint density at radius 1 is 1.17 bits per heavy atom. The van der Waals surface area contributed by atoms with Crippen LogP contribution in [0.25, 0.3) is 10.4 Å². The molecule has 0 amide bonds. The van der Waals surface area contributed by atoms with Crippen molar-refractivity contribution in [2.75, 3.05) is 26.1 Å². The third-order valence-electron chi connectivity index (χ3n) is 2.47. The fraction of sp³-hybridized carbons (Fsp3) is 0.308. The van der Waals surface area contributed by atoms with Gasteiger partial charge in [-0.15, -0.1) is 0 Å². The molecule has 0 bridgehead atoms. The Bertz CT molecular complexity index is 503. The average molecular weight is 264 g/mol. The van der Waals surface area contributed by atoms with Gasteiger partial charge < -0.3 is 14.8 Å². The Labute approximate surface area is 111 Å². The molecule has 2 rings (SSSR count). The second-order valence-electron chi connectivity index (χ2n) is 3.66. The van der Waals surface area contributed by atoms with Crippen LogP contribution in [0.4, 0.5) is 5.13 Å². The molecule has 1 aromatic heterocycles. The summed E-state index contributed by atoms with van der Waals surface area (Å²) in [7, 11) is 3.30. The number of nitrogens with zero attached hydrogens (tertiary/aromatic N) is 1. The Balaban J connectivity index is 2.35. The summed E-state index contributed by atoms with van der Waals surface area (Å²) in [6.45, 7) is 2.92. The predicted molar refractivity (Wildman–Crippen MR) is 74.8 cm³/mol. The van der Waals surface area contributed by atoms with Crippen LogP contribution in [0.2, 0.25) is 0 Å². The van der Waals surface area contributed by atoms with Crippen molar-refractivity contribution in [3.63, 3.8) is 0 Å². The van der Waals surface area contributed by atoms with Crippen molar-refractivity contribution in [1.82, 2.24) is 4.98 Å². The van der Waals surface area contributed by atoms with Crippen LogP contribution >= 0.6 is 11.3 Å². The molecule has 0 aliphatic heterocycles. The number of thiazole rings is 1. The molecule has 0 saturated heterocycles. The van der Waals surface area contributed by atoms with Gasteiger partial charge in [-0.1, -0.05) is 11.3 Å². The van der Waals surface area contributed by atoms with Crippen molar-refractivity contribution < 1.29 is 9.47 Å². The van der Waals surface area contributed by atoms with Crippen LogP contribution < -0.4 is 14.8 Å². The lowest BCUT2D eigenvalue weighted by Crippen LogP contribution is -1.94. The number of hydrogen-bond acceptors (Lipinski definition) is 5. The molecule has 0 radical (unpaired) electrons. The van der Waals surface area contributed by atoms with Gasteiger partial charge in [-0.2, -0.15) is 0 Å². The first-order valence-electron chi connectivity index (χ1n) is 5.70. The topological polar surface area (TPSA) is 43.4 Å². The van der Waals surface area contributed by atoms with E-state index in [4.69, 9.17) is 9.47 Å². The van der Waals surface area contributed by atoms with Gasteiger partial charge in [0.25, 0.3) is 0 Å². The molecule has 5 heteroatoms. The number of benzene rings is 1. The first-order valence-corrected chi connectivity index (χ1v) is 6.51. The van der Waals surface area contributed by atoms with Crippen LogP contribution in [0.15, 0.2) is 24.4 Å². The van der Waals surface area contributed by atoms with Crippen LogP contribution in [0.1, 0.15) is 6.92 Å². The Morgan fingerprint density at radius 3 is 2.39 bits per heavy atom. The SMILES string of the molecule is CCNc1ncc(-c2cc(OC)cc(OC)c2)s1. The first-order chi connectivity index (χ1) is 8.76.